The van der Waals surface area contributed by atoms with Crippen molar-refractivity contribution in [2.24, 2.45) is 29.6 Å². The molecule has 0 heterocycles. The fourth-order valence-corrected chi connectivity index (χ4v) is 5.59. The Labute approximate surface area is 128 Å². The van der Waals surface area contributed by atoms with Crippen LogP contribution in [0, 0.1) is 29.6 Å². The SMILES string of the molecule is Oc1ccccc1CCNCC1C2CC3CC(C2)CC1C3. The predicted octanol–water partition coefficient (Wildman–Crippen LogP) is 3.60. The fourth-order valence-electron chi connectivity index (χ4n) is 5.59. The van der Waals surface area contributed by atoms with E-state index in [1.165, 1.54) is 32.2 Å². The molecule has 0 aromatic heterocycles. The molecule has 1 aromatic rings. The number of rotatable bonds is 5. The van der Waals surface area contributed by atoms with E-state index in [4.69, 9.17) is 0 Å². The monoisotopic (exact) mass is 285 g/mol. The van der Waals surface area contributed by atoms with Crippen molar-refractivity contribution in [2.75, 3.05) is 13.1 Å². The van der Waals surface area contributed by atoms with Crippen molar-refractivity contribution >= 4 is 0 Å². The highest BCUT2D eigenvalue weighted by Gasteiger charge is 2.47. The number of aromatic hydroxyl groups is 1. The quantitative estimate of drug-likeness (QED) is 0.810. The maximum atomic E-state index is 9.80. The van der Waals surface area contributed by atoms with E-state index in [0.29, 0.717) is 5.75 Å². The van der Waals surface area contributed by atoms with Gasteiger partial charge >= 0.3 is 0 Å². The molecule has 0 unspecified atom stereocenters. The smallest absolute Gasteiger partial charge is 0.118 e. The highest BCUT2D eigenvalue weighted by Crippen LogP contribution is 2.56. The summed E-state index contributed by atoms with van der Waals surface area (Å²) in [4.78, 5) is 0. The molecule has 0 radical (unpaired) electrons. The van der Waals surface area contributed by atoms with Gasteiger partial charge in [0.2, 0.25) is 0 Å². The van der Waals surface area contributed by atoms with Gasteiger partial charge in [0, 0.05) is 0 Å². The molecule has 2 nitrogen and oxygen atoms in total. The summed E-state index contributed by atoms with van der Waals surface area (Å²) in [7, 11) is 0. The van der Waals surface area contributed by atoms with Crippen LogP contribution < -0.4 is 5.32 Å². The molecule has 0 aliphatic heterocycles. The van der Waals surface area contributed by atoms with Gasteiger partial charge in [0.25, 0.3) is 0 Å². The lowest BCUT2D eigenvalue weighted by Gasteiger charge is -2.54. The molecule has 4 fully saturated rings. The predicted molar refractivity (Wildman–Crippen MR) is 85.2 cm³/mol. The minimum absolute atomic E-state index is 0.439. The molecule has 1 aromatic carbocycles. The average molecular weight is 285 g/mol. The molecular weight excluding hydrogens is 258 g/mol. The van der Waals surface area contributed by atoms with Crippen molar-refractivity contribution in [3.63, 3.8) is 0 Å². The summed E-state index contributed by atoms with van der Waals surface area (Å²) in [5, 5.41) is 13.5. The summed E-state index contributed by atoms with van der Waals surface area (Å²) in [5.74, 6) is 5.55. The Hall–Kier alpha value is -1.02. The van der Waals surface area contributed by atoms with Crippen molar-refractivity contribution in [3.05, 3.63) is 29.8 Å². The number of nitrogens with one attached hydrogen (secondary N) is 1. The highest BCUT2D eigenvalue weighted by molar-refractivity contribution is 5.31. The Bertz CT molecular complexity index is 470. The first-order valence-corrected chi connectivity index (χ1v) is 8.77. The third-order valence-corrected chi connectivity index (χ3v) is 6.36. The van der Waals surface area contributed by atoms with Gasteiger partial charge in [0.15, 0.2) is 0 Å². The van der Waals surface area contributed by atoms with Gasteiger partial charge < -0.3 is 10.4 Å². The minimum Gasteiger partial charge on any atom is -0.508 e. The molecule has 2 N–H and O–H groups in total. The van der Waals surface area contributed by atoms with E-state index in [-0.39, 0.29) is 0 Å². The number of benzene rings is 1. The Balaban J connectivity index is 1.27. The second-order valence-electron chi connectivity index (χ2n) is 7.68. The summed E-state index contributed by atoms with van der Waals surface area (Å²) in [6.45, 7) is 2.18. The number of phenols is 1. The van der Waals surface area contributed by atoms with Crippen molar-refractivity contribution in [1.82, 2.24) is 5.32 Å². The van der Waals surface area contributed by atoms with Gasteiger partial charge in [0.1, 0.15) is 5.75 Å². The first-order valence-electron chi connectivity index (χ1n) is 8.77. The number of para-hydroxylation sites is 1. The summed E-state index contributed by atoms with van der Waals surface area (Å²) in [6, 6.07) is 7.71. The molecule has 2 heteroatoms. The molecule has 114 valence electrons. The first-order chi connectivity index (χ1) is 10.3. The van der Waals surface area contributed by atoms with Crippen LogP contribution in [0.25, 0.3) is 0 Å². The average Bonchev–Trinajstić information content (AvgIpc) is 2.47. The van der Waals surface area contributed by atoms with Crippen LogP contribution >= 0.6 is 0 Å². The first kappa shape index (κ1) is 13.6. The van der Waals surface area contributed by atoms with Crippen LogP contribution in [0.2, 0.25) is 0 Å². The van der Waals surface area contributed by atoms with E-state index in [0.717, 1.165) is 48.1 Å². The van der Waals surface area contributed by atoms with Gasteiger partial charge in [-0.3, -0.25) is 0 Å². The van der Waals surface area contributed by atoms with Crippen molar-refractivity contribution in [1.29, 1.82) is 0 Å². The van der Waals surface area contributed by atoms with Crippen molar-refractivity contribution in [3.8, 4) is 5.75 Å². The maximum Gasteiger partial charge on any atom is 0.118 e. The van der Waals surface area contributed by atoms with Crippen LogP contribution in [-0.2, 0) is 6.42 Å². The Morgan fingerprint density at radius 1 is 0.952 bits per heavy atom. The van der Waals surface area contributed by atoms with E-state index >= 15 is 0 Å². The number of phenolic OH excluding ortho intramolecular Hbond substituents is 1. The zero-order chi connectivity index (χ0) is 14.2. The Morgan fingerprint density at radius 3 is 2.29 bits per heavy atom. The second-order valence-corrected chi connectivity index (χ2v) is 7.68. The topological polar surface area (TPSA) is 32.3 Å². The molecule has 0 atom stereocenters. The zero-order valence-corrected chi connectivity index (χ0v) is 12.8. The van der Waals surface area contributed by atoms with Crippen LogP contribution in [-0.4, -0.2) is 18.2 Å². The standard InChI is InChI=1S/C19H27NO/c21-19-4-2-1-3-15(19)5-6-20-12-18-16-8-13-7-14(10-16)11-17(18)9-13/h1-4,13-14,16-18,20-21H,5-12H2. The van der Waals surface area contributed by atoms with Crippen molar-refractivity contribution < 1.29 is 5.11 Å². The van der Waals surface area contributed by atoms with Gasteiger partial charge in [-0.15, -0.1) is 0 Å². The van der Waals surface area contributed by atoms with E-state index in [1.54, 1.807) is 12.5 Å². The minimum atomic E-state index is 0.439. The molecule has 4 bridgehead atoms. The number of hydrogen-bond acceptors (Lipinski definition) is 2. The largest absolute Gasteiger partial charge is 0.508 e. The van der Waals surface area contributed by atoms with E-state index < -0.39 is 0 Å². The number of hydrogen-bond donors (Lipinski definition) is 2. The normalized spacial score (nSPS) is 37.0. The third kappa shape index (κ3) is 2.70. The zero-order valence-electron chi connectivity index (χ0n) is 12.8. The van der Waals surface area contributed by atoms with Crippen LogP contribution in [0.1, 0.15) is 37.7 Å². The van der Waals surface area contributed by atoms with E-state index in [2.05, 4.69) is 5.32 Å². The molecule has 21 heavy (non-hydrogen) atoms. The molecule has 4 aliphatic carbocycles. The summed E-state index contributed by atoms with van der Waals surface area (Å²) >= 11 is 0. The third-order valence-electron chi connectivity index (χ3n) is 6.36. The van der Waals surface area contributed by atoms with Crippen LogP contribution in [0.4, 0.5) is 0 Å². The molecule has 0 saturated heterocycles. The van der Waals surface area contributed by atoms with Gasteiger partial charge in [-0.1, -0.05) is 18.2 Å². The molecule has 0 spiro atoms. The highest BCUT2D eigenvalue weighted by atomic mass is 16.3. The van der Waals surface area contributed by atoms with Gasteiger partial charge in [-0.2, -0.15) is 0 Å². The molecule has 4 aliphatic rings. The Kier molecular flexibility index (Phi) is 3.66. The summed E-state index contributed by atoms with van der Waals surface area (Å²) in [5.41, 5.74) is 1.06. The lowest BCUT2D eigenvalue weighted by molar-refractivity contribution is -0.0353. The lowest BCUT2D eigenvalue weighted by Crippen LogP contribution is -2.48. The second kappa shape index (κ2) is 5.64. The summed E-state index contributed by atoms with van der Waals surface area (Å²) < 4.78 is 0. The fraction of sp³-hybridized carbons (Fsp3) is 0.684. The molecule has 0 amide bonds. The van der Waals surface area contributed by atoms with Crippen molar-refractivity contribution in [2.45, 2.75) is 38.5 Å². The lowest BCUT2D eigenvalue weighted by atomic mass is 9.52. The van der Waals surface area contributed by atoms with Gasteiger partial charge in [0.05, 0.1) is 0 Å². The van der Waals surface area contributed by atoms with Crippen LogP contribution in [0.5, 0.6) is 5.75 Å². The van der Waals surface area contributed by atoms with E-state index in [9.17, 15) is 5.11 Å². The van der Waals surface area contributed by atoms with E-state index in [1.807, 2.05) is 18.2 Å². The maximum absolute atomic E-state index is 9.80. The van der Waals surface area contributed by atoms with Gasteiger partial charge in [-0.05, 0) is 92.8 Å². The summed E-state index contributed by atoms with van der Waals surface area (Å²) in [6.07, 6.45) is 8.52. The Morgan fingerprint density at radius 2 is 1.62 bits per heavy atom. The van der Waals surface area contributed by atoms with Gasteiger partial charge in [-0.25, -0.2) is 0 Å². The molecule has 4 saturated carbocycles. The van der Waals surface area contributed by atoms with Crippen LogP contribution in [0.15, 0.2) is 24.3 Å². The molecular formula is C19H27NO. The van der Waals surface area contributed by atoms with Crippen LogP contribution in [0.3, 0.4) is 0 Å². The molecule has 5 rings (SSSR count).